The summed E-state index contributed by atoms with van der Waals surface area (Å²) in [6.45, 7) is 0.226. The van der Waals surface area contributed by atoms with Crippen LogP contribution in [0.2, 0.25) is 10.0 Å². The van der Waals surface area contributed by atoms with Gasteiger partial charge in [0, 0.05) is 5.56 Å². The molecule has 0 fully saturated rings. The minimum absolute atomic E-state index is 0.107. The zero-order chi connectivity index (χ0) is 23.1. The topological polar surface area (TPSA) is 85.9 Å². The van der Waals surface area contributed by atoms with Gasteiger partial charge in [0.15, 0.2) is 0 Å². The molecule has 0 saturated heterocycles. The molecule has 1 N–H and O–H groups in total. The number of nitrogens with one attached hydrogen (secondary N) is 1. The molecule has 5 nitrogen and oxygen atoms in total. The Hall–Kier alpha value is -3.29. The Bertz CT molecular complexity index is 1290. The fourth-order valence-electron chi connectivity index (χ4n) is 2.74. The lowest BCUT2D eigenvalue weighted by Gasteiger charge is -2.10. The molecule has 0 aliphatic heterocycles. The van der Waals surface area contributed by atoms with Crippen molar-refractivity contribution in [3.05, 3.63) is 97.4 Å². The third kappa shape index (κ3) is 5.69. The number of carbonyl (C=O) groups is 1. The zero-order valence-corrected chi connectivity index (χ0v) is 19.5. The summed E-state index contributed by atoms with van der Waals surface area (Å²) in [7, 11) is 0. The van der Waals surface area contributed by atoms with E-state index in [1.807, 2.05) is 18.2 Å². The smallest absolute Gasteiger partial charge is 0.266 e. The Morgan fingerprint density at radius 2 is 1.88 bits per heavy atom. The van der Waals surface area contributed by atoms with Crippen LogP contribution in [-0.2, 0) is 11.4 Å². The lowest BCUT2D eigenvalue weighted by Crippen LogP contribution is -2.13. The predicted molar refractivity (Wildman–Crippen MR) is 128 cm³/mol. The highest BCUT2D eigenvalue weighted by Gasteiger charge is 2.13. The minimum atomic E-state index is -0.610. The third-order valence-electron chi connectivity index (χ3n) is 4.35. The second-order valence-corrected chi connectivity index (χ2v) is 8.11. The first-order valence-corrected chi connectivity index (χ1v) is 10.8. The Kier molecular flexibility index (Phi) is 7.92. The maximum Gasteiger partial charge on any atom is 0.266 e. The van der Waals surface area contributed by atoms with Gasteiger partial charge >= 0.3 is 0 Å². The van der Waals surface area contributed by atoms with Gasteiger partial charge in [0.1, 0.15) is 24.0 Å². The van der Waals surface area contributed by atoms with Gasteiger partial charge in [-0.05, 0) is 57.9 Å². The SMILES string of the molecule is N#C/C(=C\c1ccc(OCc2ccccc2C#N)c(Br)c1)C(=O)Nc1cccc(Cl)c1Cl. The fraction of sp³-hybridized carbons (Fsp3) is 0.0417. The number of rotatable bonds is 6. The number of hydrogen-bond acceptors (Lipinski definition) is 4. The monoisotopic (exact) mass is 525 g/mol. The molecule has 3 aromatic carbocycles. The van der Waals surface area contributed by atoms with Crippen LogP contribution in [0.3, 0.4) is 0 Å². The van der Waals surface area contributed by atoms with Crippen LogP contribution in [0, 0.1) is 22.7 Å². The molecule has 0 heterocycles. The van der Waals surface area contributed by atoms with Crippen molar-refractivity contribution in [2.75, 3.05) is 5.32 Å². The van der Waals surface area contributed by atoms with E-state index < -0.39 is 5.91 Å². The minimum Gasteiger partial charge on any atom is -0.488 e. The summed E-state index contributed by atoms with van der Waals surface area (Å²) in [6.07, 6.45) is 1.45. The van der Waals surface area contributed by atoms with E-state index >= 15 is 0 Å². The van der Waals surface area contributed by atoms with Gasteiger partial charge in [-0.2, -0.15) is 10.5 Å². The Morgan fingerprint density at radius 3 is 2.59 bits per heavy atom. The average molecular weight is 527 g/mol. The lowest BCUT2D eigenvalue weighted by atomic mass is 10.1. The van der Waals surface area contributed by atoms with E-state index in [0.29, 0.717) is 32.1 Å². The van der Waals surface area contributed by atoms with Crippen LogP contribution in [0.5, 0.6) is 5.75 Å². The van der Waals surface area contributed by atoms with E-state index in [1.165, 1.54) is 6.08 Å². The van der Waals surface area contributed by atoms with Crippen LogP contribution >= 0.6 is 39.1 Å². The summed E-state index contributed by atoms with van der Waals surface area (Å²) in [5, 5.41) is 21.7. The van der Waals surface area contributed by atoms with Crippen LogP contribution in [-0.4, -0.2) is 5.91 Å². The molecule has 0 saturated carbocycles. The molecule has 3 aromatic rings. The van der Waals surface area contributed by atoms with E-state index in [9.17, 15) is 15.3 Å². The van der Waals surface area contributed by atoms with E-state index in [-0.39, 0.29) is 17.2 Å². The molecular formula is C24H14BrCl2N3O2. The summed E-state index contributed by atoms with van der Waals surface area (Å²) in [5.41, 5.74) is 2.14. The van der Waals surface area contributed by atoms with Crippen LogP contribution in [0.1, 0.15) is 16.7 Å². The van der Waals surface area contributed by atoms with Crippen molar-refractivity contribution in [1.82, 2.24) is 0 Å². The van der Waals surface area contributed by atoms with E-state index in [4.69, 9.17) is 27.9 Å². The second-order valence-electron chi connectivity index (χ2n) is 6.47. The standard InChI is InChI=1S/C24H14BrCl2N3O2/c25-19-11-15(8-9-22(19)32-14-17-5-2-1-4-16(17)12-28)10-18(13-29)24(31)30-21-7-3-6-20(26)23(21)27/h1-11H,14H2,(H,30,31)/b18-10+. The van der Waals surface area contributed by atoms with Crippen LogP contribution in [0.4, 0.5) is 5.69 Å². The van der Waals surface area contributed by atoms with Crippen molar-refractivity contribution in [2.24, 2.45) is 0 Å². The largest absolute Gasteiger partial charge is 0.488 e. The summed E-state index contributed by atoms with van der Waals surface area (Å²) >= 11 is 15.5. The summed E-state index contributed by atoms with van der Waals surface area (Å²) in [6, 6.07) is 21.2. The van der Waals surface area contributed by atoms with E-state index in [0.717, 1.165) is 5.56 Å². The number of ether oxygens (including phenoxy) is 1. The van der Waals surface area contributed by atoms with E-state index in [2.05, 4.69) is 27.3 Å². The first-order valence-electron chi connectivity index (χ1n) is 9.20. The molecule has 0 bridgehead atoms. The predicted octanol–water partition coefficient (Wildman–Crippen LogP) is 6.75. The van der Waals surface area contributed by atoms with Crippen molar-refractivity contribution in [2.45, 2.75) is 6.61 Å². The molecule has 0 aromatic heterocycles. The Morgan fingerprint density at radius 1 is 1.09 bits per heavy atom. The summed E-state index contributed by atoms with van der Waals surface area (Å²) in [5.74, 6) is -0.0511. The maximum atomic E-state index is 12.5. The quantitative estimate of drug-likeness (QED) is 0.284. The summed E-state index contributed by atoms with van der Waals surface area (Å²) in [4.78, 5) is 12.5. The second kappa shape index (κ2) is 10.8. The highest BCUT2D eigenvalue weighted by molar-refractivity contribution is 9.10. The number of halogens is 3. The van der Waals surface area contributed by atoms with Gasteiger partial charge in [0.2, 0.25) is 0 Å². The van der Waals surface area contributed by atoms with Gasteiger partial charge in [-0.25, -0.2) is 0 Å². The van der Waals surface area contributed by atoms with Gasteiger partial charge in [-0.15, -0.1) is 0 Å². The molecule has 3 rings (SSSR count). The summed E-state index contributed by atoms with van der Waals surface area (Å²) < 4.78 is 6.45. The number of hydrogen-bond donors (Lipinski definition) is 1. The highest BCUT2D eigenvalue weighted by atomic mass is 79.9. The number of nitriles is 2. The molecule has 1 amide bonds. The first-order chi connectivity index (χ1) is 15.4. The van der Waals surface area contributed by atoms with Crippen molar-refractivity contribution in [3.8, 4) is 17.9 Å². The zero-order valence-electron chi connectivity index (χ0n) is 16.4. The molecular weight excluding hydrogens is 513 g/mol. The molecule has 0 atom stereocenters. The number of benzene rings is 3. The number of nitrogens with zero attached hydrogens (tertiary/aromatic N) is 2. The molecule has 8 heteroatoms. The average Bonchev–Trinajstić information content (AvgIpc) is 2.80. The molecule has 0 radical (unpaired) electrons. The molecule has 0 unspecified atom stereocenters. The molecule has 0 aliphatic carbocycles. The van der Waals surface area contributed by atoms with Crippen LogP contribution < -0.4 is 10.1 Å². The third-order valence-corrected chi connectivity index (χ3v) is 5.79. The van der Waals surface area contributed by atoms with Gasteiger partial charge in [0.25, 0.3) is 5.91 Å². The highest BCUT2D eigenvalue weighted by Crippen LogP contribution is 2.30. The van der Waals surface area contributed by atoms with Crippen molar-refractivity contribution in [1.29, 1.82) is 10.5 Å². The number of carbonyl (C=O) groups excluding carboxylic acids is 1. The maximum absolute atomic E-state index is 12.5. The van der Waals surface area contributed by atoms with Gasteiger partial charge in [0.05, 0.1) is 31.8 Å². The van der Waals surface area contributed by atoms with E-state index in [1.54, 1.807) is 48.5 Å². The molecule has 158 valence electrons. The first kappa shape index (κ1) is 23.4. The van der Waals surface area contributed by atoms with Gasteiger partial charge < -0.3 is 10.1 Å². The normalized spacial score (nSPS) is 10.7. The molecule has 0 spiro atoms. The number of anilines is 1. The molecule has 0 aliphatic rings. The van der Waals surface area contributed by atoms with Crippen LogP contribution in [0.15, 0.2) is 70.7 Å². The Balaban J connectivity index is 1.75. The number of amides is 1. The lowest BCUT2D eigenvalue weighted by molar-refractivity contribution is -0.112. The van der Waals surface area contributed by atoms with Gasteiger partial charge in [-0.1, -0.05) is 53.5 Å². The fourth-order valence-corrected chi connectivity index (χ4v) is 3.60. The van der Waals surface area contributed by atoms with Crippen molar-refractivity contribution in [3.63, 3.8) is 0 Å². The molecule has 32 heavy (non-hydrogen) atoms. The van der Waals surface area contributed by atoms with Crippen molar-refractivity contribution >= 4 is 56.8 Å². The Labute approximate surface area is 203 Å². The van der Waals surface area contributed by atoms with Crippen LogP contribution in [0.25, 0.3) is 6.08 Å². The van der Waals surface area contributed by atoms with Crippen molar-refractivity contribution < 1.29 is 9.53 Å². The van der Waals surface area contributed by atoms with Gasteiger partial charge in [-0.3, -0.25) is 4.79 Å².